The van der Waals surface area contributed by atoms with Crippen molar-refractivity contribution >= 4 is 55.3 Å². The second kappa shape index (κ2) is 5.95. The molecule has 0 atom stereocenters. The number of fused-ring (bicyclic) bond motifs is 2. The van der Waals surface area contributed by atoms with Crippen molar-refractivity contribution in [3.8, 4) is 10.8 Å². The van der Waals surface area contributed by atoms with Crippen LogP contribution in [0.4, 0.5) is 0 Å². The Morgan fingerprint density at radius 2 is 1.44 bits per heavy atom. The van der Waals surface area contributed by atoms with Gasteiger partial charge in [-0.3, -0.25) is 0 Å². The zero-order chi connectivity index (χ0) is 16.6. The predicted octanol–water partition coefficient (Wildman–Crippen LogP) is 6.34. The Morgan fingerprint density at radius 3 is 2.20 bits per heavy atom. The number of benzene rings is 2. The first kappa shape index (κ1) is 14.6. The third kappa shape index (κ3) is 2.77. The van der Waals surface area contributed by atoms with Gasteiger partial charge in [-0.1, -0.05) is 24.3 Å². The fourth-order valence-corrected chi connectivity index (χ4v) is 4.45. The summed E-state index contributed by atoms with van der Waals surface area (Å²) in [5.41, 5.74) is 2.03. The third-order valence-corrected chi connectivity index (χ3v) is 5.88. The molecule has 0 saturated heterocycles. The van der Waals surface area contributed by atoms with Gasteiger partial charge in [0.2, 0.25) is 0 Å². The van der Waals surface area contributed by atoms with Crippen LogP contribution in [0, 0.1) is 0 Å². The molecule has 0 saturated carbocycles. The van der Waals surface area contributed by atoms with Gasteiger partial charge in [0.15, 0.2) is 10.8 Å². The quantitative estimate of drug-likeness (QED) is 0.377. The molecule has 120 valence electrons. The van der Waals surface area contributed by atoms with E-state index in [4.69, 9.17) is 4.42 Å². The van der Waals surface area contributed by atoms with Crippen molar-refractivity contribution in [1.82, 2.24) is 9.97 Å². The Kier molecular flexibility index (Phi) is 3.47. The molecule has 2 aromatic carbocycles. The Bertz CT molecular complexity index is 1150. The SMILES string of the molecule is C(=C\c1nc2ccccc2s1)/c1ccc(-c2nc3ccccc3s2)o1. The first-order valence-electron chi connectivity index (χ1n) is 7.85. The Balaban J connectivity index is 1.43. The molecule has 25 heavy (non-hydrogen) atoms. The van der Waals surface area contributed by atoms with Crippen LogP contribution < -0.4 is 0 Å². The number of thiazole rings is 2. The number of hydrogen-bond acceptors (Lipinski definition) is 5. The predicted molar refractivity (Wildman–Crippen MR) is 106 cm³/mol. The second-order valence-electron chi connectivity index (χ2n) is 5.54. The molecule has 0 unspecified atom stereocenters. The van der Waals surface area contributed by atoms with Crippen LogP contribution in [0.5, 0.6) is 0 Å². The van der Waals surface area contributed by atoms with E-state index in [-0.39, 0.29) is 0 Å². The van der Waals surface area contributed by atoms with E-state index in [0.29, 0.717) is 0 Å². The Hall–Kier alpha value is -2.76. The standard InChI is InChI=1S/C20H12N2OS2/c1-3-7-17-14(5-1)21-19(24-17)12-10-13-9-11-16(23-13)20-22-15-6-2-4-8-18(15)25-20/h1-12H/b12-10+. The fraction of sp³-hybridized carbons (Fsp3) is 0. The number of para-hydroxylation sites is 2. The van der Waals surface area contributed by atoms with E-state index in [1.54, 1.807) is 22.7 Å². The topological polar surface area (TPSA) is 38.9 Å². The van der Waals surface area contributed by atoms with Crippen LogP contribution in [0.1, 0.15) is 10.8 Å². The summed E-state index contributed by atoms with van der Waals surface area (Å²) in [6, 6.07) is 20.2. The van der Waals surface area contributed by atoms with E-state index < -0.39 is 0 Å². The van der Waals surface area contributed by atoms with Gasteiger partial charge in [0.1, 0.15) is 10.8 Å². The van der Waals surface area contributed by atoms with Gasteiger partial charge in [0.05, 0.1) is 20.4 Å². The summed E-state index contributed by atoms with van der Waals surface area (Å²) in [6.07, 6.45) is 3.94. The summed E-state index contributed by atoms with van der Waals surface area (Å²) in [5, 5.41) is 1.87. The lowest BCUT2D eigenvalue weighted by atomic mass is 10.3. The molecule has 0 fully saturated rings. The molecule has 5 rings (SSSR count). The van der Waals surface area contributed by atoms with E-state index in [1.807, 2.05) is 60.7 Å². The highest BCUT2D eigenvalue weighted by molar-refractivity contribution is 7.21. The molecule has 0 spiro atoms. The minimum absolute atomic E-state index is 0.796. The normalized spacial score (nSPS) is 11.8. The maximum atomic E-state index is 5.93. The highest BCUT2D eigenvalue weighted by Crippen LogP contribution is 2.31. The Morgan fingerprint density at radius 1 is 0.720 bits per heavy atom. The van der Waals surface area contributed by atoms with Gasteiger partial charge in [-0.15, -0.1) is 22.7 Å². The number of aromatic nitrogens is 2. The molecule has 0 aliphatic carbocycles. The molecule has 0 amide bonds. The molecule has 3 aromatic heterocycles. The van der Waals surface area contributed by atoms with Gasteiger partial charge in [0.25, 0.3) is 0 Å². The van der Waals surface area contributed by atoms with E-state index >= 15 is 0 Å². The second-order valence-corrected chi connectivity index (χ2v) is 7.63. The molecule has 0 radical (unpaired) electrons. The largest absolute Gasteiger partial charge is 0.454 e. The van der Waals surface area contributed by atoms with Crippen molar-refractivity contribution in [3.05, 3.63) is 71.4 Å². The van der Waals surface area contributed by atoms with Crippen molar-refractivity contribution in [3.63, 3.8) is 0 Å². The first-order chi connectivity index (χ1) is 12.3. The molecule has 3 nitrogen and oxygen atoms in total. The summed E-state index contributed by atoms with van der Waals surface area (Å²) in [7, 11) is 0. The molecule has 3 heterocycles. The van der Waals surface area contributed by atoms with E-state index in [2.05, 4.69) is 22.1 Å². The minimum Gasteiger partial charge on any atom is -0.454 e. The fourth-order valence-electron chi connectivity index (χ4n) is 2.65. The number of furan rings is 1. The van der Waals surface area contributed by atoms with Gasteiger partial charge < -0.3 is 4.42 Å². The molecule has 0 N–H and O–H groups in total. The highest BCUT2D eigenvalue weighted by Gasteiger charge is 2.09. The first-order valence-corrected chi connectivity index (χ1v) is 9.48. The Labute approximate surface area is 151 Å². The van der Waals surface area contributed by atoms with E-state index in [0.717, 1.165) is 32.6 Å². The maximum Gasteiger partial charge on any atom is 0.163 e. The van der Waals surface area contributed by atoms with Crippen LogP contribution in [-0.2, 0) is 0 Å². The van der Waals surface area contributed by atoms with Gasteiger partial charge in [0, 0.05) is 0 Å². The number of hydrogen-bond donors (Lipinski definition) is 0. The van der Waals surface area contributed by atoms with Crippen LogP contribution in [-0.4, -0.2) is 9.97 Å². The average molecular weight is 360 g/mol. The van der Waals surface area contributed by atoms with Gasteiger partial charge in [-0.25, -0.2) is 9.97 Å². The average Bonchev–Trinajstić information content (AvgIpc) is 3.36. The molecule has 0 bridgehead atoms. The summed E-state index contributed by atoms with van der Waals surface area (Å²) in [6.45, 7) is 0. The smallest absolute Gasteiger partial charge is 0.163 e. The third-order valence-electron chi connectivity index (χ3n) is 3.83. The van der Waals surface area contributed by atoms with Crippen molar-refractivity contribution in [2.45, 2.75) is 0 Å². The van der Waals surface area contributed by atoms with Crippen LogP contribution in [0.25, 0.3) is 43.4 Å². The zero-order valence-corrected chi connectivity index (χ0v) is 14.7. The summed E-state index contributed by atoms with van der Waals surface area (Å²) >= 11 is 3.31. The molecule has 0 aliphatic rings. The lowest BCUT2D eigenvalue weighted by Gasteiger charge is -1.88. The van der Waals surface area contributed by atoms with Gasteiger partial charge >= 0.3 is 0 Å². The number of rotatable bonds is 3. The minimum atomic E-state index is 0.796. The highest BCUT2D eigenvalue weighted by atomic mass is 32.1. The summed E-state index contributed by atoms with van der Waals surface area (Å²) in [4.78, 5) is 9.24. The molecule has 5 aromatic rings. The van der Waals surface area contributed by atoms with Crippen LogP contribution >= 0.6 is 22.7 Å². The van der Waals surface area contributed by atoms with Crippen molar-refractivity contribution in [2.24, 2.45) is 0 Å². The maximum absolute atomic E-state index is 5.93. The van der Waals surface area contributed by atoms with E-state index in [1.165, 1.54) is 9.40 Å². The van der Waals surface area contributed by atoms with Gasteiger partial charge in [-0.2, -0.15) is 0 Å². The van der Waals surface area contributed by atoms with Crippen molar-refractivity contribution < 1.29 is 4.42 Å². The van der Waals surface area contributed by atoms with Crippen molar-refractivity contribution in [2.75, 3.05) is 0 Å². The van der Waals surface area contributed by atoms with Crippen molar-refractivity contribution in [1.29, 1.82) is 0 Å². The molecule has 5 heteroatoms. The summed E-state index contributed by atoms with van der Waals surface area (Å²) in [5.74, 6) is 1.60. The molecular formula is C20H12N2OS2. The van der Waals surface area contributed by atoms with E-state index in [9.17, 15) is 0 Å². The summed E-state index contributed by atoms with van der Waals surface area (Å²) < 4.78 is 8.29. The molecule has 0 aliphatic heterocycles. The van der Waals surface area contributed by atoms with Crippen LogP contribution in [0.15, 0.2) is 65.1 Å². The monoisotopic (exact) mass is 360 g/mol. The van der Waals surface area contributed by atoms with Crippen LogP contribution in [0.2, 0.25) is 0 Å². The van der Waals surface area contributed by atoms with Gasteiger partial charge in [-0.05, 0) is 48.6 Å². The van der Waals surface area contributed by atoms with Crippen LogP contribution in [0.3, 0.4) is 0 Å². The zero-order valence-electron chi connectivity index (χ0n) is 13.0. The molecular weight excluding hydrogens is 348 g/mol. The lowest BCUT2D eigenvalue weighted by molar-refractivity contribution is 0.572. The lowest BCUT2D eigenvalue weighted by Crippen LogP contribution is -1.70. The number of nitrogens with zero attached hydrogens (tertiary/aromatic N) is 2.